The fraction of sp³-hybridized carbons (Fsp3) is 0.625. The number of unbranched alkanes of at least 4 members (excludes halogenated alkanes) is 3. The maximum absolute atomic E-state index is 2.41. The van der Waals surface area contributed by atoms with Gasteiger partial charge < -0.3 is 0 Å². The predicted octanol–water partition coefficient (Wildman–Crippen LogP) is 4.93. The average molecular weight is 216 g/mol. The van der Waals surface area contributed by atoms with Crippen LogP contribution >= 0.6 is 0 Å². The first kappa shape index (κ1) is 11.7. The van der Waals surface area contributed by atoms with Crippen molar-refractivity contribution in [3.8, 4) is 0 Å². The molecule has 0 aliphatic heterocycles. The number of hydrogen-bond donors (Lipinski definition) is 0. The number of benzene rings is 1. The lowest BCUT2D eigenvalue weighted by atomic mass is 9.90. The molecule has 0 fully saturated rings. The molecule has 0 heterocycles. The summed E-state index contributed by atoms with van der Waals surface area (Å²) in [7, 11) is 0. The van der Waals surface area contributed by atoms with Crippen LogP contribution in [0.15, 0.2) is 24.3 Å². The highest BCUT2D eigenvalue weighted by atomic mass is 14.3. The minimum Gasteiger partial charge on any atom is -0.0654 e. The summed E-state index contributed by atoms with van der Waals surface area (Å²) in [5, 5.41) is 0. The second kappa shape index (κ2) is 5.52. The van der Waals surface area contributed by atoms with E-state index in [0.29, 0.717) is 0 Å². The second-order valence-corrected chi connectivity index (χ2v) is 5.30. The first-order chi connectivity index (χ1) is 7.83. The summed E-state index contributed by atoms with van der Waals surface area (Å²) in [5.41, 5.74) is 3.22. The van der Waals surface area contributed by atoms with Gasteiger partial charge in [-0.15, -0.1) is 0 Å². The molecule has 88 valence electrons. The van der Waals surface area contributed by atoms with Crippen molar-refractivity contribution in [1.82, 2.24) is 0 Å². The molecule has 0 saturated carbocycles. The van der Waals surface area contributed by atoms with Crippen LogP contribution in [-0.2, 0) is 6.42 Å². The van der Waals surface area contributed by atoms with Crippen molar-refractivity contribution in [1.29, 1.82) is 0 Å². The van der Waals surface area contributed by atoms with Crippen LogP contribution in [0.4, 0.5) is 0 Å². The first-order valence-electron chi connectivity index (χ1n) is 6.90. The van der Waals surface area contributed by atoms with Gasteiger partial charge in [0.05, 0.1) is 0 Å². The van der Waals surface area contributed by atoms with Crippen molar-refractivity contribution in [2.45, 2.75) is 58.3 Å². The molecule has 0 N–H and O–H groups in total. The largest absolute Gasteiger partial charge is 0.0654 e. The van der Waals surface area contributed by atoms with E-state index < -0.39 is 0 Å². The molecule has 16 heavy (non-hydrogen) atoms. The Hall–Kier alpha value is -0.780. The molecule has 0 saturated heterocycles. The quantitative estimate of drug-likeness (QED) is 0.612. The molecule has 0 radical (unpaired) electrons. The predicted molar refractivity (Wildman–Crippen MR) is 70.8 cm³/mol. The van der Waals surface area contributed by atoms with Gasteiger partial charge in [0.2, 0.25) is 0 Å². The Labute approximate surface area is 100 Å². The Bertz CT molecular complexity index is 327. The van der Waals surface area contributed by atoms with E-state index >= 15 is 0 Å². The van der Waals surface area contributed by atoms with Crippen LogP contribution in [0.1, 0.15) is 63.0 Å². The average Bonchev–Trinajstić information content (AvgIpc) is 2.63. The van der Waals surface area contributed by atoms with Crippen molar-refractivity contribution >= 4 is 0 Å². The van der Waals surface area contributed by atoms with Gasteiger partial charge in [-0.1, -0.05) is 63.8 Å². The van der Waals surface area contributed by atoms with E-state index in [1.807, 2.05) is 0 Å². The van der Waals surface area contributed by atoms with Gasteiger partial charge in [0, 0.05) is 0 Å². The van der Waals surface area contributed by atoms with Crippen molar-refractivity contribution in [2.75, 3.05) is 0 Å². The van der Waals surface area contributed by atoms with Gasteiger partial charge >= 0.3 is 0 Å². The molecule has 1 aromatic rings. The molecule has 2 atom stereocenters. The number of fused-ring (bicyclic) bond motifs is 1. The van der Waals surface area contributed by atoms with Crippen LogP contribution < -0.4 is 0 Å². The third-order valence-electron chi connectivity index (χ3n) is 4.16. The van der Waals surface area contributed by atoms with Gasteiger partial charge in [-0.3, -0.25) is 0 Å². The molecule has 2 rings (SSSR count). The van der Waals surface area contributed by atoms with Crippen LogP contribution in [0.3, 0.4) is 0 Å². The van der Waals surface area contributed by atoms with Crippen molar-refractivity contribution < 1.29 is 0 Å². The maximum Gasteiger partial charge on any atom is -0.0156 e. The Morgan fingerprint density at radius 2 is 1.94 bits per heavy atom. The summed E-state index contributed by atoms with van der Waals surface area (Å²) in [6.07, 6.45) is 8.36. The lowest BCUT2D eigenvalue weighted by Gasteiger charge is -2.15. The van der Waals surface area contributed by atoms with Gasteiger partial charge in [-0.25, -0.2) is 0 Å². The van der Waals surface area contributed by atoms with E-state index in [0.717, 1.165) is 11.8 Å². The molecule has 0 bridgehead atoms. The van der Waals surface area contributed by atoms with Gasteiger partial charge in [0.15, 0.2) is 0 Å². The Balaban J connectivity index is 1.87. The minimum atomic E-state index is 0.790. The van der Waals surface area contributed by atoms with Crippen LogP contribution in [-0.4, -0.2) is 0 Å². The third-order valence-corrected chi connectivity index (χ3v) is 4.16. The normalized spacial score (nSPS) is 23.4. The van der Waals surface area contributed by atoms with Crippen molar-refractivity contribution in [3.05, 3.63) is 35.4 Å². The zero-order valence-electron chi connectivity index (χ0n) is 10.7. The van der Waals surface area contributed by atoms with E-state index in [2.05, 4.69) is 38.1 Å². The third kappa shape index (κ3) is 2.48. The fourth-order valence-electron chi connectivity index (χ4n) is 3.06. The highest BCUT2D eigenvalue weighted by molar-refractivity contribution is 5.35. The summed E-state index contributed by atoms with van der Waals surface area (Å²) >= 11 is 0. The van der Waals surface area contributed by atoms with Gasteiger partial charge in [-0.2, -0.15) is 0 Å². The van der Waals surface area contributed by atoms with E-state index in [9.17, 15) is 0 Å². The monoisotopic (exact) mass is 216 g/mol. The highest BCUT2D eigenvalue weighted by Gasteiger charge is 2.27. The number of rotatable bonds is 5. The smallest absolute Gasteiger partial charge is 0.0156 e. The standard InChI is InChI=1S/C16H24/c1-3-4-5-6-9-14-12-15-10-7-8-11-16(15)13(14)2/h7-8,10-11,13-14H,3-6,9,12H2,1-2H3/t13?,14-/m1/s1. The molecule has 0 spiro atoms. The SMILES string of the molecule is CCCCCC[C@@H]1Cc2ccccc2C1C. The lowest BCUT2D eigenvalue weighted by molar-refractivity contribution is 0.422. The Morgan fingerprint density at radius 3 is 2.69 bits per heavy atom. The molecule has 0 nitrogen and oxygen atoms in total. The van der Waals surface area contributed by atoms with Crippen LogP contribution in [0.5, 0.6) is 0 Å². The molecule has 0 heteroatoms. The maximum atomic E-state index is 2.41. The van der Waals surface area contributed by atoms with E-state index in [-0.39, 0.29) is 0 Å². The lowest BCUT2D eigenvalue weighted by Crippen LogP contribution is -2.04. The molecule has 1 aliphatic carbocycles. The molecule has 0 aromatic heterocycles. The summed E-state index contributed by atoms with van der Waals surface area (Å²) in [4.78, 5) is 0. The zero-order chi connectivity index (χ0) is 11.4. The molecule has 1 aromatic carbocycles. The van der Waals surface area contributed by atoms with Crippen LogP contribution in [0, 0.1) is 5.92 Å². The van der Waals surface area contributed by atoms with Crippen LogP contribution in [0.2, 0.25) is 0 Å². The second-order valence-electron chi connectivity index (χ2n) is 5.30. The summed E-state index contributed by atoms with van der Waals surface area (Å²) in [6.45, 7) is 4.70. The van der Waals surface area contributed by atoms with E-state index in [1.165, 1.54) is 38.5 Å². The molecular formula is C16H24. The number of hydrogen-bond acceptors (Lipinski definition) is 0. The summed E-state index contributed by atoms with van der Waals surface area (Å²) < 4.78 is 0. The van der Waals surface area contributed by atoms with Crippen LogP contribution in [0.25, 0.3) is 0 Å². The van der Waals surface area contributed by atoms with E-state index in [4.69, 9.17) is 0 Å². The molecule has 1 unspecified atom stereocenters. The zero-order valence-corrected chi connectivity index (χ0v) is 10.7. The first-order valence-corrected chi connectivity index (χ1v) is 6.90. The van der Waals surface area contributed by atoms with Gasteiger partial charge in [0.1, 0.15) is 0 Å². The molecular weight excluding hydrogens is 192 g/mol. The molecule has 1 aliphatic rings. The fourth-order valence-corrected chi connectivity index (χ4v) is 3.06. The molecule has 0 amide bonds. The van der Waals surface area contributed by atoms with Crippen molar-refractivity contribution in [3.63, 3.8) is 0 Å². The van der Waals surface area contributed by atoms with E-state index in [1.54, 1.807) is 11.1 Å². The van der Waals surface area contributed by atoms with Crippen molar-refractivity contribution in [2.24, 2.45) is 5.92 Å². The topological polar surface area (TPSA) is 0 Å². The summed E-state index contributed by atoms with van der Waals surface area (Å²) in [5.74, 6) is 1.70. The minimum absolute atomic E-state index is 0.790. The van der Waals surface area contributed by atoms with Gasteiger partial charge in [0.25, 0.3) is 0 Å². The Kier molecular flexibility index (Phi) is 4.04. The summed E-state index contributed by atoms with van der Waals surface area (Å²) in [6, 6.07) is 9.02. The van der Waals surface area contributed by atoms with Gasteiger partial charge in [-0.05, 0) is 35.8 Å². The Morgan fingerprint density at radius 1 is 1.12 bits per heavy atom. The highest BCUT2D eigenvalue weighted by Crippen LogP contribution is 2.39.